The van der Waals surface area contributed by atoms with Crippen molar-refractivity contribution in [2.45, 2.75) is 11.1 Å². The molecule has 0 unspecified atom stereocenters. The molecule has 23 heavy (non-hydrogen) atoms. The summed E-state index contributed by atoms with van der Waals surface area (Å²) in [6, 6.07) is 9.69. The summed E-state index contributed by atoms with van der Waals surface area (Å²) in [5.41, 5.74) is -1.18. The van der Waals surface area contributed by atoms with Gasteiger partial charge >= 0.3 is 6.18 Å². The molecule has 1 N–H and O–H groups in total. The highest BCUT2D eigenvalue weighted by Crippen LogP contribution is 2.36. The van der Waals surface area contributed by atoms with Crippen molar-refractivity contribution < 1.29 is 18.0 Å². The fourth-order valence-corrected chi connectivity index (χ4v) is 3.27. The van der Waals surface area contributed by atoms with Crippen molar-refractivity contribution in [3.8, 4) is 0 Å². The Morgan fingerprint density at radius 2 is 1.65 bits per heavy atom. The molecular formula is C15H10Cl2F3NOS. The zero-order valence-corrected chi connectivity index (χ0v) is 13.8. The highest BCUT2D eigenvalue weighted by atomic mass is 35.5. The van der Waals surface area contributed by atoms with Crippen LogP contribution in [0.2, 0.25) is 10.0 Å². The molecule has 0 aliphatic heterocycles. The molecule has 0 fully saturated rings. The Morgan fingerprint density at radius 1 is 1.04 bits per heavy atom. The summed E-state index contributed by atoms with van der Waals surface area (Å²) in [6.45, 7) is 0. The molecule has 8 heteroatoms. The first kappa shape index (κ1) is 18.0. The lowest BCUT2D eigenvalue weighted by Gasteiger charge is -2.13. The monoisotopic (exact) mass is 379 g/mol. The van der Waals surface area contributed by atoms with E-state index < -0.39 is 17.6 Å². The van der Waals surface area contributed by atoms with Gasteiger partial charge in [-0.05, 0) is 24.3 Å². The molecule has 2 nitrogen and oxygen atoms in total. The molecule has 2 aromatic carbocycles. The van der Waals surface area contributed by atoms with E-state index >= 15 is 0 Å². The largest absolute Gasteiger partial charge is 0.418 e. The summed E-state index contributed by atoms with van der Waals surface area (Å²) < 4.78 is 38.6. The fraction of sp³-hybridized carbons (Fsp3) is 0.133. The third-order valence-electron chi connectivity index (χ3n) is 2.77. The Labute approximate surface area is 145 Å². The number of amides is 1. The Bertz CT molecular complexity index is 702. The summed E-state index contributed by atoms with van der Waals surface area (Å²) in [5, 5.41) is 3.02. The van der Waals surface area contributed by atoms with Gasteiger partial charge in [0.1, 0.15) is 0 Å². The summed E-state index contributed by atoms with van der Waals surface area (Å²) in [6.07, 6.45) is -4.54. The Kier molecular flexibility index (Phi) is 5.84. The SMILES string of the molecule is O=C(CSc1c(Cl)cccc1Cl)Nc1ccccc1C(F)(F)F. The molecule has 2 rings (SSSR count). The van der Waals surface area contributed by atoms with E-state index in [1.54, 1.807) is 18.2 Å². The number of alkyl halides is 3. The topological polar surface area (TPSA) is 29.1 Å². The van der Waals surface area contributed by atoms with Crippen LogP contribution in [0.15, 0.2) is 47.4 Å². The van der Waals surface area contributed by atoms with Gasteiger partial charge in [-0.25, -0.2) is 0 Å². The lowest BCUT2D eigenvalue weighted by Crippen LogP contribution is -2.18. The molecule has 0 saturated heterocycles. The molecule has 0 bridgehead atoms. The Morgan fingerprint density at radius 3 is 2.26 bits per heavy atom. The molecule has 0 aromatic heterocycles. The van der Waals surface area contributed by atoms with E-state index in [0.29, 0.717) is 14.9 Å². The molecule has 2 aromatic rings. The van der Waals surface area contributed by atoms with Crippen molar-refractivity contribution >= 4 is 46.6 Å². The van der Waals surface area contributed by atoms with Crippen LogP contribution in [0.25, 0.3) is 0 Å². The van der Waals surface area contributed by atoms with Crippen molar-refractivity contribution in [1.29, 1.82) is 0 Å². The lowest BCUT2D eigenvalue weighted by atomic mass is 10.1. The number of rotatable bonds is 4. The van der Waals surface area contributed by atoms with Crippen LogP contribution in [0.1, 0.15) is 5.56 Å². The first-order valence-corrected chi connectivity index (χ1v) is 8.06. The van der Waals surface area contributed by atoms with Gasteiger partial charge in [-0.3, -0.25) is 4.79 Å². The summed E-state index contributed by atoms with van der Waals surface area (Å²) in [4.78, 5) is 12.4. The predicted molar refractivity (Wildman–Crippen MR) is 87.3 cm³/mol. The first-order chi connectivity index (χ1) is 10.8. The van der Waals surface area contributed by atoms with E-state index in [1.807, 2.05) is 0 Å². The van der Waals surface area contributed by atoms with E-state index in [-0.39, 0.29) is 11.4 Å². The molecule has 0 aliphatic carbocycles. The van der Waals surface area contributed by atoms with Gasteiger partial charge in [-0.2, -0.15) is 13.2 Å². The number of hydrogen-bond acceptors (Lipinski definition) is 2. The van der Waals surface area contributed by atoms with E-state index in [9.17, 15) is 18.0 Å². The number of nitrogens with one attached hydrogen (secondary N) is 1. The first-order valence-electron chi connectivity index (χ1n) is 6.32. The number of carbonyl (C=O) groups excluding carboxylic acids is 1. The predicted octanol–water partition coefficient (Wildman–Crippen LogP) is 5.74. The third-order valence-corrected chi connectivity index (χ3v) is 4.76. The maximum atomic E-state index is 12.9. The molecular weight excluding hydrogens is 370 g/mol. The van der Waals surface area contributed by atoms with Crippen LogP contribution in [0, 0.1) is 0 Å². The number of thioether (sulfide) groups is 1. The minimum Gasteiger partial charge on any atom is -0.325 e. The van der Waals surface area contributed by atoms with Crippen LogP contribution in [0.3, 0.4) is 0 Å². The highest BCUT2D eigenvalue weighted by molar-refractivity contribution is 8.00. The van der Waals surface area contributed by atoms with Crippen molar-refractivity contribution in [3.63, 3.8) is 0 Å². The quantitative estimate of drug-likeness (QED) is 0.685. The van der Waals surface area contributed by atoms with Gasteiger partial charge in [0.25, 0.3) is 0 Å². The Hall–Kier alpha value is -1.37. The second-order valence-electron chi connectivity index (χ2n) is 4.43. The molecule has 0 radical (unpaired) electrons. The average Bonchev–Trinajstić information content (AvgIpc) is 2.46. The number of anilines is 1. The third kappa shape index (κ3) is 4.80. The normalized spacial score (nSPS) is 11.3. The van der Waals surface area contributed by atoms with Crippen molar-refractivity contribution in [2.24, 2.45) is 0 Å². The van der Waals surface area contributed by atoms with Crippen LogP contribution in [0.5, 0.6) is 0 Å². The van der Waals surface area contributed by atoms with E-state index in [1.165, 1.54) is 18.2 Å². The van der Waals surface area contributed by atoms with E-state index in [4.69, 9.17) is 23.2 Å². The van der Waals surface area contributed by atoms with Crippen LogP contribution in [-0.2, 0) is 11.0 Å². The Balaban J connectivity index is 2.07. The van der Waals surface area contributed by atoms with E-state index in [2.05, 4.69) is 5.32 Å². The molecule has 0 spiro atoms. The van der Waals surface area contributed by atoms with Crippen molar-refractivity contribution in [2.75, 3.05) is 11.1 Å². The number of carbonyl (C=O) groups is 1. The summed E-state index contributed by atoms with van der Waals surface area (Å²) in [5.74, 6) is -0.696. The number of halogens is 5. The minimum absolute atomic E-state index is 0.115. The van der Waals surface area contributed by atoms with Crippen LogP contribution >= 0.6 is 35.0 Å². The molecule has 1 amide bonds. The van der Waals surface area contributed by atoms with Gasteiger partial charge in [0.2, 0.25) is 5.91 Å². The summed E-state index contributed by atoms with van der Waals surface area (Å²) >= 11 is 13.0. The highest BCUT2D eigenvalue weighted by Gasteiger charge is 2.33. The maximum absolute atomic E-state index is 12.9. The zero-order chi connectivity index (χ0) is 17.0. The van der Waals surface area contributed by atoms with Gasteiger partial charge in [0.05, 0.1) is 27.0 Å². The number of benzene rings is 2. The second-order valence-corrected chi connectivity index (χ2v) is 6.23. The van der Waals surface area contributed by atoms with Crippen LogP contribution < -0.4 is 5.32 Å². The number of hydrogen-bond donors (Lipinski definition) is 1. The van der Waals surface area contributed by atoms with Crippen LogP contribution in [-0.4, -0.2) is 11.7 Å². The van der Waals surface area contributed by atoms with Gasteiger partial charge in [0, 0.05) is 4.90 Å². The van der Waals surface area contributed by atoms with Gasteiger partial charge in [-0.15, -0.1) is 11.8 Å². The fourth-order valence-electron chi connectivity index (χ4n) is 1.78. The average molecular weight is 380 g/mol. The van der Waals surface area contributed by atoms with Gasteiger partial charge < -0.3 is 5.32 Å². The van der Waals surface area contributed by atoms with Crippen molar-refractivity contribution in [3.05, 3.63) is 58.1 Å². The standard InChI is InChI=1S/C15H10Cl2F3NOS/c16-10-5-3-6-11(17)14(10)23-8-13(22)21-12-7-2-1-4-9(12)15(18,19)20/h1-7H,8H2,(H,21,22). The van der Waals surface area contributed by atoms with Crippen LogP contribution in [0.4, 0.5) is 18.9 Å². The van der Waals surface area contributed by atoms with Crippen molar-refractivity contribution in [1.82, 2.24) is 0 Å². The van der Waals surface area contributed by atoms with Gasteiger partial charge in [-0.1, -0.05) is 41.4 Å². The molecule has 122 valence electrons. The molecule has 0 heterocycles. The van der Waals surface area contributed by atoms with Gasteiger partial charge in [0.15, 0.2) is 0 Å². The van der Waals surface area contributed by atoms with E-state index in [0.717, 1.165) is 17.8 Å². The smallest absolute Gasteiger partial charge is 0.325 e. The zero-order valence-electron chi connectivity index (χ0n) is 11.5. The lowest BCUT2D eigenvalue weighted by molar-refractivity contribution is -0.137. The number of para-hydroxylation sites is 1. The minimum atomic E-state index is -4.54. The maximum Gasteiger partial charge on any atom is 0.418 e. The second kappa shape index (κ2) is 7.47. The summed E-state index contributed by atoms with van der Waals surface area (Å²) in [7, 11) is 0. The molecule has 0 atom stereocenters. The molecule has 0 saturated carbocycles. The molecule has 0 aliphatic rings.